The van der Waals surface area contributed by atoms with Gasteiger partial charge in [-0.25, -0.2) is 4.98 Å². The standard InChI is InChI=1S/C19H19ClN2OS2/c1-11(2)24-15-6-4-13(5-7-15)9-17(23)21-19-22-18-12(3)8-14(20)10-16(18)25-19/h4-8,10-11H,9H2,1-3H3,(H,21,22,23). The molecule has 1 heterocycles. The van der Waals surface area contributed by atoms with Crippen molar-refractivity contribution in [3.63, 3.8) is 0 Å². The molecular formula is C19H19ClN2OS2. The van der Waals surface area contributed by atoms with Crippen molar-refractivity contribution in [2.24, 2.45) is 0 Å². The van der Waals surface area contributed by atoms with E-state index in [-0.39, 0.29) is 5.91 Å². The number of fused-ring (bicyclic) bond motifs is 1. The molecule has 6 heteroatoms. The highest BCUT2D eigenvalue weighted by molar-refractivity contribution is 7.99. The number of benzene rings is 2. The van der Waals surface area contributed by atoms with Crippen LogP contribution in [0.4, 0.5) is 5.13 Å². The van der Waals surface area contributed by atoms with Crippen LogP contribution in [0.2, 0.25) is 5.02 Å². The number of rotatable bonds is 5. The number of anilines is 1. The molecule has 130 valence electrons. The van der Waals surface area contributed by atoms with Crippen LogP contribution in [0.15, 0.2) is 41.3 Å². The van der Waals surface area contributed by atoms with Gasteiger partial charge in [-0.2, -0.15) is 0 Å². The van der Waals surface area contributed by atoms with Crippen LogP contribution in [0.25, 0.3) is 10.2 Å². The lowest BCUT2D eigenvalue weighted by Crippen LogP contribution is -2.14. The van der Waals surface area contributed by atoms with Crippen LogP contribution >= 0.6 is 34.7 Å². The van der Waals surface area contributed by atoms with E-state index < -0.39 is 0 Å². The SMILES string of the molecule is Cc1cc(Cl)cc2sc(NC(=O)Cc3ccc(SC(C)C)cc3)nc12. The monoisotopic (exact) mass is 390 g/mol. The molecule has 1 aromatic heterocycles. The second-order valence-corrected chi connectivity index (χ2v) is 9.24. The van der Waals surface area contributed by atoms with Gasteiger partial charge in [0.15, 0.2) is 5.13 Å². The Bertz CT molecular complexity index is 904. The summed E-state index contributed by atoms with van der Waals surface area (Å²) in [6.07, 6.45) is 0.336. The highest BCUT2D eigenvalue weighted by Gasteiger charge is 2.11. The van der Waals surface area contributed by atoms with E-state index in [0.717, 1.165) is 21.3 Å². The van der Waals surface area contributed by atoms with Gasteiger partial charge in [0.25, 0.3) is 0 Å². The fourth-order valence-corrected chi connectivity index (χ4v) is 4.69. The van der Waals surface area contributed by atoms with Gasteiger partial charge in [-0.3, -0.25) is 4.79 Å². The Balaban J connectivity index is 1.67. The van der Waals surface area contributed by atoms with Crippen molar-refractivity contribution in [2.75, 3.05) is 5.32 Å². The third kappa shape index (κ3) is 4.75. The summed E-state index contributed by atoms with van der Waals surface area (Å²) in [5.74, 6) is -0.0629. The van der Waals surface area contributed by atoms with E-state index in [2.05, 4.69) is 36.3 Å². The van der Waals surface area contributed by atoms with E-state index in [4.69, 9.17) is 11.6 Å². The average Bonchev–Trinajstić information content (AvgIpc) is 2.91. The normalized spacial score (nSPS) is 11.2. The maximum atomic E-state index is 12.3. The first-order chi connectivity index (χ1) is 11.9. The number of thioether (sulfide) groups is 1. The summed E-state index contributed by atoms with van der Waals surface area (Å²) in [7, 11) is 0. The van der Waals surface area contributed by atoms with Crippen LogP contribution in [0.3, 0.4) is 0 Å². The van der Waals surface area contributed by atoms with Crippen LogP contribution in [-0.4, -0.2) is 16.1 Å². The summed E-state index contributed by atoms with van der Waals surface area (Å²) in [4.78, 5) is 18.0. The Morgan fingerprint density at radius 1 is 1.28 bits per heavy atom. The smallest absolute Gasteiger partial charge is 0.230 e. The Hall–Kier alpha value is -1.56. The van der Waals surface area contributed by atoms with Gasteiger partial charge in [0.1, 0.15) is 0 Å². The fraction of sp³-hybridized carbons (Fsp3) is 0.263. The Morgan fingerprint density at radius 3 is 2.68 bits per heavy atom. The van der Waals surface area contributed by atoms with Gasteiger partial charge in [0, 0.05) is 15.2 Å². The van der Waals surface area contributed by atoms with Crippen LogP contribution in [0.5, 0.6) is 0 Å². The molecule has 0 radical (unpaired) electrons. The van der Waals surface area contributed by atoms with Gasteiger partial charge in [-0.1, -0.05) is 48.9 Å². The zero-order chi connectivity index (χ0) is 18.0. The van der Waals surface area contributed by atoms with Crippen molar-refractivity contribution in [3.8, 4) is 0 Å². The third-order valence-electron chi connectivity index (χ3n) is 3.56. The first-order valence-corrected chi connectivity index (χ1v) is 10.1. The van der Waals surface area contributed by atoms with E-state index in [0.29, 0.717) is 21.8 Å². The fourth-order valence-electron chi connectivity index (χ4n) is 2.51. The second-order valence-electron chi connectivity index (χ2n) is 6.12. The molecule has 0 aliphatic rings. The van der Waals surface area contributed by atoms with Crippen LogP contribution in [0.1, 0.15) is 25.0 Å². The van der Waals surface area contributed by atoms with E-state index in [1.807, 2.05) is 43.0 Å². The summed E-state index contributed by atoms with van der Waals surface area (Å²) < 4.78 is 0.982. The molecule has 3 nitrogen and oxygen atoms in total. The van der Waals surface area contributed by atoms with Crippen molar-refractivity contribution in [1.82, 2.24) is 4.98 Å². The largest absolute Gasteiger partial charge is 0.302 e. The summed E-state index contributed by atoms with van der Waals surface area (Å²) in [6.45, 7) is 6.30. The zero-order valence-corrected chi connectivity index (χ0v) is 16.7. The summed E-state index contributed by atoms with van der Waals surface area (Å²) in [5.41, 5.74) is 2.89. The van der Waals surface area contributed by atoms with Crippen molar-refractivity contribution in [3.05, 3.63) is 52.5 Å². The van der Waals surface area contributed by atoms with E-state index in [1.165, 1.54) is 16.2 Å². The molecular weight excluding hydrogens is 372 g/mol. The predicted octanol–water partition coefficient (Wildman–Crippen LogP) is 5.94. The minimum Gasteiger partial charge on any atom is -0.302 e. The first kappa shape index (κ1) is 18.2. The molecule has 0 aliphatic carbocycles. The van der Waals surface area contributed by atoms with E-state index in [1.54, 1.807) is 0 Å². The van der Waals surface area contributed by atoms with E-state index >= 15 is 0 Å². The molecule has 0 bridgehead atoms. The lowest BCUT2D eigenvalue weighted by Gasteiger charge is -2.06. The van der Waals surface area contributed by atoms with Gasteiger partial charge in [-0.05, 0) is 42.3 Å². The summed E-state index contributed by atoms with van der Waals surface area (Å²) in [6, 6.07) is 11.9. The molecule has 0 spiro atoms. The Morgan fingerprint density at radius 2 is 2.00 bits per heavy atom. The summed E-state index contributed by atoms with van der Waals surface area (Å²) in [5, 5.41) is 4.73. The quantitative estimate of drug-likeness (QED) is 0.548. The number of nitrogens with zero attached hydrogens (tertiary/aromatic N) is 1. The predicted molar refractivity (Wildman–Crippen MR) is 109 cm³/mol. The number of carbonyl (C=O) groups excluding carboxylic acids is 1. The number of thiazole rings is 1. The average molecular weight is 391 g/mol. The van der Waals surface area contributed by atoms with Gasteiger partial charge in [0.2, 0.25) is 5.91 Å². The van der Waals surface area contributed by atoms with Crippen molar-refractivity contribution < 1.29 is 4.79 Å². The molecule has 0 fully saturated rings. The molecule has 0 saturated carbocycles. The van der Waals surface area contributed by atoms with Crippen LogP contribution < -0.4 is 5.32 Å². The van der Waals surface area contributed by atoms with Crippen LogP contribution in [0, 0.1) is 6.92 Å². The maximum absolute atomic E-state index is 12.3. The Kier molecular flexibility index (Phi) is 5.67. The number of halogens is 1. The number of aromatic nitrogens is 1. The maximum Gasteiger partial charge on any atom is 0.230 e. The van der Waals surface area contributed by atoms with Crippen LogP contribution in [-0.2, 0) is 11.2 Å². The molecule has 0 unspecified atom stereocenters. The molecule has 1 amide bonds. The highest BCUT2D eigenvalue weighted by atomic mass is 35.5. The molecule has 3 rings (SSSR count). The highest BCUT2D eigenvalue weighted by Crippen LogP contribution is 2.31. The number of amides is 1. The minimum atomic E-state index is -0.0629. The molecule has 3 aromatic rings. The molecule has 0 saturated heterocycles. The minimum absolute atomic E-state index is 0.0629. The van der Waals surface area contributed by atoms with Gasteiger partial charge in [0.05, 0.1) is 16.6 Å². The van der Waals surface area contributed by atoms with Gasteiger partial charge < -0.3 is 5.32 Å². The number of nitrogens with one attached hydrogen (secondary N) is 1. The molecule has 0 aliphatic heterocycles. The number of hydrogen-bond donors (Lipinski definition) is 1. The molecule has 2 aromatic carbocycles. The summed E-state index contributed by atoms with van der Waals surface area (Å²) >= 11 is 9.34. The molecule has 25 heavy (non-hydrogen) atoms. The second kappa shape index (κ2) is 7.77. The van der Waals surface area contributed by atoms with Crippen molar-refractivity contribution >= 4 is 56.0 Å². The topological polar surface area (TPSA) is 42.0 Å². The molecule has 1 N–H and O–H groups in total. The number of aryl methyl sites for hydroxylation is 1. The zero-order valence-electron chi connectivity index (χ0n) is 14.3. The third-order valence-corrected chi connectivity index (χ3v) is 5.71. The van der Waals surface area contributed by atoms with E-state index in [9.17, 15) is 4.79 Å². The lowest BCUT2D eigenvalue weighted by molar-refractivity contribution is -0.115. The van der Waals surface area contributed by atoms with Crippen molar-refractivity contribution in [2.45, 2.75) is 37.3 Å². The number of hydrogen-bond acceptors (Lipinski definition) is 4. The Labute approximate surface area is 160 Å². The van der Waals surface area contributed by atoms with Gasteiger partial charge >= 0.3 is 0 Å². The lowest BCUT2D eigenvalue weighted by atomic mass is 10.1. The molecule has 0 atom stereocenters. The van der Waals surface area contributed by atoms with Gasteiger partial charge in [-0.15, -0.1) is 11.8 Å². The first-order valence-electron chi connectivity index (χ1n) is 8.03. The van der Waals surface area contributed by atoms with Crippen molar-refractivity contribution in [1.29, 1.82) is 0 Å². The number of carbonyl (C=O) groups is 1.